The van der Waals surface area contributed by atoms with E-state index in [1.807, 2.05) is 36.4 Å². The highest BCUT2D eigenvalue weighted by Crippen LogP contribution is 2.41. The summed E-state index contributed by atoms with van der Waals surface area (Å²) in [7, 11) is 0. The molecular weight excluding hydrogens is 470 g/mol. The molecule has 0 spiro atoms. The van der Waals surface area contributed by atoms with Crippen LogP contribution in [0.2, 0.25) is 0 Å². The molecule has 1 atom stereocenters. The SMILES string of the molecule is C=CCOc1cccc([C@@H]2C(=C(O)c3ccc4c(c3)OCCO4)C(=O)C(=O)N2CCc2ccccc2)c1. The fourth-order valence-corrected chi connectivity index (χ4v) is 4.63. The highest BCUT2D eigenvalue weighted by Gasteiger charge is 2.46. The van der Waals surface area contributed by atoms with Crippen molar-refractivity contribution in [1.29, 1.82) is 0 Å². The van der Waals surface area contributed by atoms with Crippen molar-refractivity contribution in [2.24, 2.45) is 0 Å². The van der Waals surface area contributed by atoms with Gasteiger partial charge in [0, 0.05) is 12.1 Å². The van der Waals surface area contributed by atoms with Gasteiger partial charge in [-0.25, -0.2) is 0 Å². The lowest BCUT2D eigenvalue weighted by molar-refractivity contribution is -0.139. The van der Waals surface area contributed by atoms with E-state index in [-0.39, 0.29) is 11.3 Å². The molecule has 2 aliphatic rings. The largest absolute Gasteiger partial charge is 0.507 e. The number of rotatable bonds is 8. The minimum atomic E-state index is -0.788. The van der Waals surface area contributed by atoms with Gasteiger partial charge in [0.25, 0.3) is 11.7 Å². The molecule has 0 radical (unpaired) electrons. The Bertz CT molecular complexity index is 1360. The molecule has 0 bridgehead atoms. The number of benzene rings is 3. The molecule has 1 N–H and O–H groups in total. The Hall–Kier alpha value is -4.52. The Kier molecular flexibility index (Phi) is 6.94. The number of ether oxygens (including phenoxy) is 3. The monoisotopic (exact) mass is 497 g/mol. The van der Waals surface area contributed by atoms with Crippen molar-refractivity contribution in [2.75, 3.05) is 26.4 Å². The van der Waals surface area contributed by atoms with Crippen molar-refractivity contribution in [1.82, 2.24) is 4.90 Å². The predicted octanol–water partition coefficient (Wildman–Crippen LogP) is 4.69. The number of ketones is 1. The number of aliphatic hydroxyl groups excluding tert-OH is 1. The number of Topliss-reactive ketones (excluding diaryl/α,β-unsaturated/α-hetero) is 1. The maximum absolute atomic E-state index is 13.4. The number of amides is 1. The molecule has 1 amide bonds. The van der Waals surface area contributed by atoms with Crippen LogP contribution in [0.5, 0.6) is 17.2 Å². The standard InChI is InChI=1S/C30H27NO6/c1-2-15-35-23-10-6-9-21(18-23)27-26(28(32)22-11-12-24-25(19-22)37-17-16-36-24)29(33)30(34)31(27)14-13-20-7-4-3-5-8-20/h2-12,18-19,27,32H,1,13-17H2/t27-/m1/s1. The van der Waals surface area contributed by atoms with Crippen molar-refractivity contribution >= 4 is 17.4 Å². The molecule has 5 rings (SSSR count). The quantitative estimate of drug-likeness (QED) is 0.210. The van der Waals surface area contributed by atoms with Gasteiger partial charge < -0.3 is 24.2 Å². The first kappa shape index (κ1) is 24.2. The number of hydrogen-bond acceptors (Lipinski definition) is 6. The minimum Gasteiger partial charge on any atom is -0.507 e. The lowest BCUT2D eigenvalue weighted by Crippen LogP contribution is -2.31. The van der Waals surface area contributed by atoms with Crippen LogP contribution < -0.4 is 14.2 Å². The zero-order valence-corrected chi connectivity index (χ0v) is 20.3. The number of carbonyl (C=O) groups is 2. The molecule has 2 heterocycles. The third-order valence-corrected chi connectivity index (χ3v) is 6.38. The molecule has 3 aromatic rings. The second-order valence-corrected chi connectivity index (χ2v) is 8.76. The molecule has 1 saturated heterocycles. The van der Waals surface area contributed by atoms with E-state index in [2.05, 4.69) is 6.58 Å². The van der Waals surface area contributed by atoms with Crippen LogP contribution in [0.1, 0.15) is 22.7 Å². The van der Waals surface area contributed by atoms with Gasteiger partial charge in [0.2, 0.25) is 0 Å². The summed E-state index contributed by atoms with van der Waals surface area (Å²) in [4.78, 5) is 28.2. The third kappa shape index (κ3) is 4.93. The molecular formula is C30H27NO6. The van der Waals surface area contributed by atoms with Gasteiger partial charge in [0.05, 0.1) is 11.6 Å². The van der Waals surface area contributed by atoms with Gasteiger partial charge in [0.1, 0.15) is 31.3 Å². The second kappa shape index (κ2) is 10.6. The van der Waals surface area contributed by atoms with Crippen molar-refractivity contribution in [3.63, 3.8) is 0 Å². The summed E-state index contributed by atoms with van der Waals surface area (Å²) in [5.74, 6) is -0.0367. The van der Waals surface area contributed by atoms with Crippen LogP contribution in [0.3, 0.4) is 0 Å². The fourth-order valence-electron chi connectivity index (χ4n) is 4.63. The van der Waals surface area contributed by atoms with E-state index in [4.69, 9.17) is 14.2 Å². The van der Waals surface area contributed by atoms with Crippen LogP contribution in [-0.2, 0) is 16.0 Å². The number of hydrogen-bond donors (Lipinski definition) is 1. The normalized spacial score (nSPS) is 18.1. The Balaban J connectivity index is 1.57. The summed E-state index contributed by atoms with van der Waals surface area (Å²) in [6, 6.07) is 21.1. The molecule has 0 unspecified atom stereocenters. The zero-order chi connectivity index (χ0) is 25.8. The average Bonchev–Trinajstić information content (AvgIpc) is 3.20. The number of fused-ring (bicyclic) bond motifs is 1. The molecule has 37 heavy (non-hydrogen) atoms. The van der Waals surface area contributed by atoms with Gasteiger partial charge in [-0.15, -0.1) is 0 Å². The van der Waals surface area contributed by atoms with Crippen LogP contribution in [-0.4, -0.2) is 48.1 Å². The maximum Gasteiger partial charge on any atom is 0.295 e. The smallest absolute Gasteiger partial charge is 0.295 e. The molecule has 0 saturated carbocycles. The average molecular weight is 498 g/mol. The number of aliphatic hydroxyl groups is 1. The summed E-state index contributed by atoms with van der Waals surface area (Å²) < 4.78 is 16.9. The highest BCUT2D eigenvalue weighted by atomic mass is 16.6. The number of nitrogens with zero attached hydrogens (tertiary/aromatic N) is 1. The van der Waals surface area contributed by atoms with Crippen molar-refractivity contribution in [3.05, 3.63) is 108 Å². The molecule has 1 fully saturated rings. The second-order valence-electron chi connectivity index (χ2n) is 8.76. The first-order chi connectivity index (χ1) is 18.1. The topological polar surface area (TPSA) is 85.3 Å². The molecule has 2 aliphatic heterocycles. The maximum atomic E-state index is 13.4. The number of likely N-dealkylation sites (tertiary alicyclic amines) is 1. The molecule has 0 aromatic heterocycles. The van der Waals surface area contributed by atoms with E-state index in [1.54, 1.807) is 42.5 Å². The summed E-state index contributed by atoms with van der Waals surface area (Å²) in [5, 5.41) is 11.4. The first-order valence-electron chi connectivity index (χ1n) is 12.1. The van der Waals surface area contributed by atoms with Crippen LogP contribution in [0.15, 0.2) is 91.0 Å². The van der Waals surface area contributed by atoms with Crippen molar-refractivity contribution < 1.29 is 28.9 Å². The molecule has 3 aromatic carbocycles. The van der Waals surface area contributed by atoms with E-state index in [9.17, 15) is 14.7 Å². The summed E-state index contributed by atoms with van der Waals surface area (Å²) in [6.07, 6.45) is 2.20. The van der Waals surface area contributed by atoms with E-state index < -0.39 is 17.7 Å². The van der Waals surface area contributed by atoms with Gasteiger partial charge in [-0.3, -0.25) is 9.59 Å². The van der Waals surface area contributed by atoms with Gasteiger partial charge in [-0.2, -0.15) is 0 Å². The summed E-state index contributed by atoms with van der Waals surface area (Å²) in [6.45, 7) is 5.12. The van der Waals surface area contributed by atoms with Crippen LogP contribution in [0.25, 0.3) is 5.76 Å². The van der Waals surface area contributed by atoms with Gasteiger partial charge in [-0.05, 0) is 47.9 Å². The Morgan fingerprint density at radius 3 is 2.57 bits per heavy atom. The van der Waals surface area contributed by atoms with E-state index in [0.717, 1.165) is 5.56 Å². The van der Waals surface area contributed by atoms with E-state index in [1.165, 1.54) is 4.90 Å². The number of carbonyl (C=O) groups excluding carboxylic acids is 2. The molecule has 7 nitrogen and oxygen atoms in total. The zero-order valence-electron chi connectivity index (χ0n) is 20.3. The lowest BCUT2D eigenvalue weighted by atomic mass is 9.95. The predicted molar refractivity (Wildman–Crippen MR) is 139 cm³/mol. The fraction of sp³-hybridized carbons (Fsp3) is 0.200. The first-order valence-corrected chi connectivity index (χ1v) is 12.1. The van der Waals surface area contributed by atoms with Gasteiger partial charge in [0.15, 0.2) is 11.5 Å². The minimum absolute atomic E-state index is 0.0237. The molecule has 7 heteroatoms. The summed E-state index contributed by atoms with van der Waals surface area (Å²) >= 11 is 0. The van der Waals surface area contributed by atoms with E-state index >= 15 is 0 Å². The Labute approximate surface area is 215 Å². The molecule has 0 aliphatic carbocycles. The molecule has 188 valence electrons. The third-order valence-electron chi connectivity index (χ3n) is 6.38. The van der Waals surface area contributed by atoms with Crippen LogP contribution in [0, 0.1) is 0 Å². The van der Waals surface area contributed by atoms with E-state index in [0.29, 0.717) is 61.2 Å². The Morgan fingerprint density at radius 1 is 1.00 bits per heavy atom. The van der Waals surface area contributed by atoms with Crippen LogP contribution >= 0.6 is 0 Å². The highest BCUT2D eigenvalue weighted by molar-refractivity contribution is 6.46. The van der Waals surface area contributed by atoms with Gasteiger partial charge in [-0.1, -0.05) is 55.1 Å². The van der Waals surface area contributed by atoms with Crippen molar-refractivity contribution in [3.8, 4) is 17.2 Å². The Morgan fingerprint density at radius 2 is 1.78 bits per heavy atom. The van der Waals surface area contributed by atoms with Gasteiger partial charge >= 0.3 is 0 Å². The van der Waals surface area contributed by atoms with Crippen LogP contribution in [0.4, 0.5) is 0 Å². The van der Waals surface area contributed by atoms with Crippen molar-refractivity contribution in [2.45, 2.75) is 12.5 Å². The summed E-state index contributed by atoms with van der Waals surface area (Å²) in [5.41, 5.74) is 2.09. The lowest BCUT2D eigenvalue weighted by Gasteiger charge is -2.26.